The largest absolute Gasteiger partial charge is 0.464 e. The number of ketones is 1. The fraction of sp³-hybridized carbons (Fsp3) is 0.613. The number of unbranched alkanes of at least 4 members (excludes halogenated alkanes) is 11. The minimum Gasteiger partial charge on any atom is -0.464 e. The summed E-state index contributed by atoms with van der Waals surface area (Å²) in [5.41, 5.74) is 9.80. The maximum Gasteiger partial charge on any atom is 0.328 e. The Balaban J connectivity index is 2.25. The van der Waals surface area contributed by atoms with Gasteiger partial charge in [-0.15, -0.1) is 0 Å². The third-order valence-corrected chi connectivity index (χ3v) is 6.41. The molecule has 1 rings (SSSR count). The lowest BCUT2D eigenvalue weighted by Gasteiger charge is -2.19. The Bertz CT molecular complexity index is 889. The van der Waals surface area contributed by atoms with Crippen molar-refractivity contribution in [2.45, 2.75) is 116 Å². The van der Waals surface area contributed by atoms with Gasteiger partial charge in [0.25, 0.3) is 5.78 Å². The first kappa shape index (κ1) is 33.0. The highest BCUT2D eigenvalue weighted by molar-refractivity contribution is 6.33. The molecule has 0 aromatic heterocycles. The maximum absolute atomic E-state index is 12.5. The van der Waals surface area contributed by atoms with Crippen molar-refractivity contribution in [3.05, 3.63) is 53.1 Å². The maximum atomic E-state index is 12.5. The Labute approximate surface area is 229 Å². The van der Waals surface area contributed by atoms with Gasteiger partial charge in [-0.05, 0) is 44.1 Å². The van der Waals surface area contributed by atoms with Crippen LogP contribution in [-0.2, 0) is 20.7 Å². The highest BCUT2D eigenvalue weighted by atomic mass is 16.5. The predicted octanol–water partition coefficient (Wildman–Crippen LogP) is 6.80. The number of nitrogens with one attached hydrogen (secondary N) is 1. The van der Waals surface area contributed by atoms with Crippen molar-refractivity contribution in [3.8, 4) is 0 Å². The predicted molar refractivity (Wildman–Crippen MR) is 152 cm³/mol. The quantitative estimate of drug-likeness (QED) is 0.0341. The number of Topliss-reactive ketones (excluding diaryl/α,β-unsaturated/α-hetero) is 1. The van der Waals surface area contributed by atoms with E-state index in [9.17, 15) is 14.4 Å². The lowest BCUT2D eigenvalue weighted by molar-refractivity contribution is -0.142. The third kappa shape index (κ3) is 17.4. The monoisotopic (exact) mass is 525 g/mol. The Kier molecular flexibility index (Phi) is 19.1. The van der Waals surface area contributed by atoms with Crippen LogP contribution in [0.25, 0.3) is 5.53 Å². The smallest absolute Gasteiger partial charge is 0.328 e. The van der Waals surface area contributed by atoms with Gasteiger partial charge < -0.3 is 15.6 Å². The normalized spacial score (nSPS) is 11.6. The lowest BCUT2D eigenvalue weighted by Crippen LogP contribution is -2.40. The molecule has 1 amide bonds. The summed E-state index contributed by atoms with van der Waals surface area (Å²) in [4.78, 5) is 38.3. The molecule has 0 heterocycles. The summed E-state index contributed by atoms with van der Waals surface area (Å²) in [5, 5.41) is 2.98. The van der Waals surface area contributed by atoms with Gasteiger partial charge in [-0.3, -0.25) is 14.4 Å². The standard InChI is InChI=1S/C31H47N3O4/c1-3-4-5-6-7-8-9-10-11-12-13-14-15-16-17-18-31(37)34-29(25-38-26(2)35)23-27-19-21-28(22-20-27)30(36)24-33-32/h10-11,19-22,24,29H,3-9,12-18,23,25H2,1-2H3,(H,34,37)/b11-10-/t29-/m1/s1. The van der Waals surface area contributed by atoms with Crippen LogP contribution in [0, 0.1) is 0 Å². The molecule has 0 bridgehead atoms. The van der Waals surface area contributed by atoms with Crippen LogP contribution in [0.5, 0.6) is 0 Å². The molecule has 0 aliphatic heterocycles. The minimum absolute atomic E-state index is 0.0502. The molecule has 0 unspecified atom stereocenters. The van der Waals surface area contributed by atoms with Crippen molar-refractivity contribution >= 4 is 23.9 Å². The summed E-state index contributed by atoms with van der Waals surface area (Å²) in [6.07, 6.45) is 22.2. The van der Waals surface area contributed by atoms with Gasteiger partial charge in [-0.2, -0.15) is 4.79 Å². The van der Waals surface area contributed by atoms with Crippen LogP contribution >= 0.6 is 0 Å². The second kappa shape index (κ2) is 22.0. The van der Waals surface area contributed by atoms with Gasteiger partial charge in [0, 0.05) is 18.9 Å². The van der Waals surface area contributed by atoms with E-state index in [1.165, 1.54) is 64.7 Å². The van der Waals surface area contributed by atoms with Crippen molar-refractivity contribution in [2.24, 2.45) is 0 Å². The van der Waals surface area contributed by atoms with Gasteiger partial charge in [0.2, 0.25) is 5.91 Å². The fourth-order valence-corrected chi connectivity index (χ4v) is 4.24. The Morgan fingerprint density at radius 3 is 2.05 bits per heavy atom. The number of amides is 1. The number of allylic oxidation sites excluding steroid dienone is 2. The first-order chi connectivity index (χ1) is 18.5. The molecule has 0 radical (unpaired) electrons. The average Bonchev–Trinajstić information content (AvgIpc) is 2.90. The van der Waals surface area contributed by atoms with Crippen LogP contribution in [0.4, 0.5) is 0 Å². The summed E-state index contributed by atoms with van der Waals surface area (Å²) in [6, 6.07) is 6.46. The number of benzene rings is 1. The van der Waals surface area contributed by atoms with Crippen LogP contribution in [0.3, 0.4) is 0 Å². The molecular formula is C31H47N3O4. The zero-order valence-electron chi connectivity index (χ0n) is 23.5. The highest BCUT2D eigenvalue weighted by Crippen LogP contribution is 2.11. The van der Waals surface area contributed by atoms with E-state index in [1.807, 2.05) is 0 Å². The Hall–Kier alpha value is -3.05. The molecule has 7 nitrogen and oxygen atoms in total. The molecule has 210 valence electrons. The van der Waals surface area contributed by atoms with Gasteiger partial charge in [0.1, 0.15) is 6.61 Å². The molecule has 38 heavy (non-hydrogen) atoms. The molecule has 1 aromatic rings. The lowest BCUT2D eigenvalue weighted by atomic mass is 10.0. The molecular weight excluding hydrogens is 478 g/mol. The number of hydrogen-bond donors (Lipinski definition) is 1. The number of rotatable bonds is 22. The summed E-state index contributed by atoms with van der Waals surface area (Å²) < 4.78 is 5.14. The summed E-state index contributed by atoms with van der Waals surface area (Å²) >= 11 is 0. The van der Waals surface area contributed by atoms with E-state index in [4.69, 9.17) is 10.3 Å². The average molecular weight is 526 g/mol. The third-order valence-electron chi connectivity index (χ3n) is 6.41. The first-order valence-electron chi connectivity index (χ1n) is 14.3. The van der Waals surface area contributed by atoms with E-state index < -0.39 is 11.8 Å². The van der Waals surface area contributed by atoms with E-state index in [-0.39, 0.29) is 18.6 Å². The number of ether oxygens (including phenoxy) is 1. The summed E-state index contributed by atoms with van der Waals surface area (Å²) in [5.74, 6) is -0.847. The Morgan fingerprint density at radius 1 is 0.895 bits per heavy atom. The van der Waals surface area contributed by atoms with Gasteiger partial charge in [-0.25, -0.2) is 0 Å². The number of carbonyl (C=O) groups is 3. The second-order valence-corrected chi connectivity index (χ2v) is 9.91. The van der Waals surface area contributed by atoms with Crippen LogP contribution in [0.15, 0.2) is 36.4 Å². The van der Waals surface area contributed by atoms with Crippen molar-refractivity contribution < 1.29 is 23.9 Å². The van der Waals surface area contributed by atoms with E-state index in [1.54, 1.807) is 24.3 Å². The zero-order chi connectivity index (χ0) is 27.8. The zero-order valence-corrected chi connectivity index (χ0v) is 23.5. The van der Waals surface area contributed by atoms with Gasteiger partial charge >= 0.3 is 12.2 Å². The number of hydrogen-bond acceptors (Lipinski definition) is 4. The number of carbonyl (C=O) groups excluding carboxylic acids is 3. The second-order valence-electron chi connectivity index (χ2n) is 9.91. The molecule has 1 aromatic carbocycles. The van der Waals surface area contributed by atoms with Crippen molar-refractivity contribution in [1.29, 1.82) is 0 Å². The molecule has 0 saturated carbocycles. The van der Waals surface area contributed by atoms with Crippen LogP contribution in [0.2, 0.25) is 0 Å². The van der Waals surface area contributed by atoms with Crippen LogP contribution in [-0.4, -0.2) is 41.3 Å². The number of nitrogens with zero attached hydrogens (tertiary/aromatic N) is 2. The molecule has 7 heteroatoms. The van der Waals surface area contributed by atoms with Gasteiger partial charge in [-0.1, -0.05) is 94.7 Å². The molecule has 0 fully saturated rings. The molecule has 0 spiro atoms. The summed E-state index contributed by atoms with van der Waals surface area (Å²) in [6.45, 7) is 3.68. The van der Waals surface area contributed by atoms with Gasteiger partial charge in [0.15, 0.2) is 0 Å². The number of esters is 1. The molecule has 1 N–H and O–H groups in total. The van der Waals surface area contributed by atoms with Crippen molar-refractivity contribution in [2.75, 3.05) is 6.61 Å². The van der Waals surface area contributed by atoms with E-state index in [2.05, 4.69) is 29.2 Å². The van der Waals surface area contributed by atoms with Crippen LogP contribution < -0.4 is 5.32 Å². The summed E-state index contributed by atoms with van der Waals surface area (Å²) in [7, 11) is 0. The molecule has 0 aliphatic carbocycles. The van der Waals surface area contributed by atoms with E-state index in [0.717, 1.165) is 37.5 Å². The van der Waals surface area contributed by atoms with Crippen molar-refractivity contribution in [3.63, 3.8) is 0 Å². The van der Waals surface area contributed by atoms with E-state index in [0.29, 0.717) is 18.4 Å². The van der Waals surface area contributed by atoms with E-state index >= 15 is 0 Å². The first-order valence-corrected chi connectivity index (χ1v) is 14.3. The molecule has 0 saturated heterocycles. The topological polar surface area (TPSA) is 109 Å². The fourth-order valence-electron chi connectivity index (χ4n) is 4.24. The highest BCUT2D eigenvalue weighted by Gasteiger charge is 2.15. The minimum atomic E-state index is -0.399. The Morgan fingerprint density at radius 2 is 1.47 bits per heavy atom. The van der Waals surface area contributed by atoms with Crippen LogP contribution in [0.1, 0.15) is 120 Å². The van der Waals surface area contributed by atoms with Gasteiger partial charge in [0.05, 0.1) is 6.04 Å². The SMILES string of the molecule is CCCCCCCC/C=C\CCCCCCCC(=O)N[C@@H](COC(C)=O)Cc1ccc(C(=O)C=[N+]=[N-])cc1. The van der Waals surface area contributed by atoms with Crippen molar-refractivity contribution in [1.82, 2.24) is 5.32 Å². The molecule has 0 aliphatic rings. The molecule has 1 atom stereocenters.